The van der Waals surface area contributed by atoms with Gasteiger partial charge in [0.15, 0.2) is 14.2 Å². The molecule has 0 saturated heterocycles. The molecule has 96 valence electrons. The van der Waals surface area contributed by atoms with E-state index in [1.807, 2.05) is 0 Å². The smallest absolute Gasteiger partial charge is 0.186 e. The Hall–Kier alpha value is -0.513. The highest BCUT2D eigenvalue weighted by molar-refractivity contribution is 6.76. The zero-order chi connectivity index (χ0) is 12.8. The minimum absolute atomic E-state index is 1.10. The van der Waals surface area contributed by atoms with E-state index in [-0.39, 0.29) is 0 Å². The van der Waals surface area contributed by atoms with Gasteiger partial charge in [0.1, 0.15) is 0 Å². The summed E-state index contributed by atoms with van der Waals surface area (Å²) in [6.45, 7) is 6.97. The van der Waals surface area contributed by atoms with Crippen molar-refractivity contribution in [3.05, 3.63) is 0 Å². The molecule has 0 aliphatic heterocycles. The molecule has 0 rings (SSSR count). The second-order valence-electron chi connectivity index (χ2n) is 5.47. The molecule has 0 fully saturated rings. The van der Waals surface area contributed by atoms with E-state index in [9.17, 15) is 0 Å². The van der Waals surface area contributed by atoms with Crippen LogP contribution < -0.4 is 0 Å². The van der Waals surface area contributed by atoms with Crippen LogP contribution in [-0.4, -0.2) is 52.2 Å². The van der Waals surface area contributed by atoms with E-state index in [4.69, 9.17) is 4.66 Å². The number of guanidine groups is 1. The highest BCUT2D eigenvalue weighted by Gasteiger charge is 2.21. The third-order valence-corrected chi connectivity index (χ3v) is 4.98. The first-order valence-electron chi connectivity index (χ1n) is 6.24. The van der Waals surface area contributed by atoms with Crippen LogP contribution >= 0.6 is 0 Å². The molecule has 0 aliphatic rings. The first-order valence-corrected chi connectivity index (χ1v) is 9.40. The van der Waals surface area contributed by atoms with Crippen LogP contribution in [-0.2, 0) is 0 Å². The maximum atomic E-state index is 4.99. The van der Waals surface area contributed by atoms with E-state index in [1.54, 1.807) is 0 Å². The zero-order valence-electron chi connectivity index (χ0n) is 12.2. The van der Waals surface area contributed by atoms with Crippen LogP contribution in [0.25, 0.3) is 0 Å². The van der Waals surface area contributed by atoms with Gasteiger partial charge in [-0.1, -0.05) is 26.2 Å². The largest absolute Gasteiger partial charge is 0.350 e. The summed E-state index contributed by atoms with van der Waals surface area (Å²) in [6, 6.07) is 1.30. The summed E-state index contributed by atoms with van der Waals surface area (Å²) in [6.07, 6.45) is 3.96. The van der Waals surface area contributed by atoms with Crippen LogP contribution in [0.4, 0.5) is 0 Å². The predicted molar refractivity (Wildman–Crippen MR) is 76.6 cm³/mol. The second-order valence-corrected chi connectivity index (χ2v) is 9.82. The molecule has 0 radical (unpaired) electrons. The van der Waals surface area contributed by atoms with Gasteiger partial charge in [-0.05, 0) is 19.1 Å². The number of hydrogen-bond donors (Lipinski definition) is 0. The molecular formula is C12H29N3Si. The molecule has 0 aliphatic carbocycles. The van der Waals surface area contributed by atoms with Crippen LogP contribution in [0.2, 0.25) is 19.1 Å². The summed E-state index contributed by atoms with van der Waals surface area (Å²) >= 11 is 0. The Morgan fingerprint density at radius 1 is 1.00 bits per heavy atom. The van der Waals surface area contributed by atoms with E-state index in [1.165, 1.54) is 25.3 Å². The van der Waals surface area contributed by atoms with Crippen LogP contribution in [0.15, 0.2) is 4.66 Å². The van der Waals surface area contributed by atoms with Gasteiger partial charge in [0.05, 0.1) is 0 Å². The number of unbranched alkanes of at least 4 members (excludes halogenated alkanes) is 2. The fourth-order valence-electron chi connectivity index (χ4n) is 1.73. The molecule has 3 nitrogen and oxygen atoms in total. The van der Waals surface area contributed by atoms with Gasteiger partial charge in [0.25, 0.3) is 0 Å². The van der Waals surface area contributed by atoms with Gasteiger partial charge < -0.3 is 9.80 Å². The number of hydrogen-bond acceptors (Lipinski definition) is 1. The number of nitrogens with zero attached hydrogens (tertiary/aromatic N) is 3. The molecule has 0 aromatic heterocycles. The summed E-state index contributed by atoms with van der Waals surface area (Å²) in [5, 5.41) is 0. The maximum absolute atomic E-state index is 4.99. The topological polar surface area (TPSA) is 18.8 Å². The minimum Gasteiger partial charge on any atom is -0.350 e. The summed E-state index contributed by atoms with van der Waals surface area (Å²) in [4.78, 5) is 4.21. The second kappa shape index (κ2) is 6.94. The minimum atomic E-state index is -1.42. The molecule has 4 heteroatoms. The highest BCUT2D eigenvalue weighted by atomic mass is 28.3. The lowest BCUT2D eigenvalue weighted by atomic mass is 10.3. The SMILES string of the molecule is CCCCC[Si](C)(C)N=C(N(C)C)N(C)C. The van der Waals surface area contributed by atoms with E-state index in [2.05, 4.69) is 58.0 Å². The van der Waals surface area contributed by atoms with E-state index >= 15 is 0 Å². The van der Waals surface area contributed by atoms with Crippen LogP contribution in [0, 0.1) is 0 Å². The Kier molecular flexibility index (Phi) is 6.72. The zero-order valence-corrected chi connectivity index (χ0v) is 13.2. The molecule has 0 aromatic carbocycles. The number of rotatable bonds is 5. The van der Waals surface area contributed by atoms with Crippen molar-refractivity contribution in [2.24, 2.45) is 4.66 Å². The van der Waals surface area contributed by atoms with E-state index in [0.29, 0.717) is 0 Å². The quantitative estimate of drug-likeness (QED) is 0.320. The van der Waals surface area contributed by atoms with Crippen LogP contribution in [0.5, 0.6) is 0 Å². The molecule has 16 heavy (non-hydrogen) atoms. The standard InChI is InChI=1S/C12H29N3Si/c1-8-9-10-11-16(6,7)13-12(14(2)3)15(4)5/h8-11H2,1-7H3. The van der Waals surface area contributed by atoms with Crippen molar-refractivity contribution in [3.63, 3.8) is 0 Å². The normalized spacial score (nSPS) is 11.2. The lowest BCUT2D eigenvalue weighted by Crippen LogP contribution is -2.39. The Morgan fingerprint density at radius 2 is 1.50 bits per heavy atom. The Bertz CT molecular complexity index is 212. The molecule has 0 unspecified atom stereocenters. The van der Waals surface area contributed by atoms with Crippen molar-refractivity contribution in [1.29, 1.82) is 0 Å². The van der Waals surface area contributed by atoms with Crippen molar-refractivity contribution in [3.8, 4) is 0 Å². The molecular weight excluding hydrogens is 214 g/mol. The van der Waals surface area contributed by atoms with Gasteiger partial charge in [-0.15, -0.1) is 0 Å². The molecule has 0 amide bonds. The molecule has 0 N–H and O–H groups in total. The summed E-state index contributed by atoms with van der Waals surface area (Å²) in [5.74, 6) is 1.10. The average molecular weight is 243 g/mol. The molecule has 0 aromatic rings. The molecule has 0 spiro atoms. The molecule has 0 bridgehead atoms. The summed E-state index contributed by atoms with van der Waals surface area (Å²) in [7, 11) is 6.83. The van der Waals surface area contributed by atoms with Crippen molar-refractivity contribution >= 4 is 14.2 Å². The van der Waals surface area contributed by atoms with Crippen LogP contribution in [0.1, 0.15) is 26.2 Å². The van der Waals surface area contributed by atoms with Crippen molar-refractivity contribution < 1.29 is 0 Å². The highest BCUT2D eigenvalue weighted by Crippen LogP contribution is 2.16. The molecule has 0 saturated carbocycles. The first kappa shape index (κ1) is 15.5. The van der Waals surface area contributed by atoms with Crippen molar-refractivity contribution in [1.82, 2.24) is 9.80 Å². The average Bonchev–Trinajstić information content (AvgIpc) is 2.13. The lowest BCUT2D eigenvalue weighted by Gasteiger charge is -2.27. The Labute approximate surface area is 103 Å². The summed E-state index contributed by atoms with van der Waals surface area (Å²) < 4.78 is 4.99. The third-order valence-electron chi connectivity index (χ3n) is 2.59. The van der Waals surface area contributed by atoms with Crippen LogP contribution in [0.3, 0.4) is 0 Å². The van der Waals surface area contributed by atoms with Gasteiger partial charge in [-0.25, -0.2) is 0 Å². The maximum Gasteiger partial charge on any atom is 0.186 e. The van der Waals surface area contributed by atoms with Gasteiger partial charge >= 0.3 is 0 Å². The fraction of sp³-hybridized carbons (Fsp3) is 0.917. The van der Waals surface area contributed by atoms with Gasteiger partial charge in [0, 0.05) is 28.2 Å². The van der Waals surface area contributed by atoms with Gasteiger partial charge in [-0.2, -0.15) is 0 Å². The van der Waals surface area contributed by atoms with E-state index < -0.39 is 8.24 Å². The van der Waals surface area contributed by atoms with Gasteiger partial charge in [-0.3, -0.25) is 4.66 Å². The molecule has 0 atom stereocenters. The Morgan fingerprint density at radius 3 is 1.88 bits per heavy atom. The Balaban J connectivity index is 4.53. The van der Waals surface area contributed by atoms with Crippen molar-refractivity contribution in [2.75, 3.05) is 28.2 Å². The lowest BCUT2D eigenvalue weighted by molar-refractivity contribution is 0.485. The summed E-state index contributed by atoms with van der Waals surface area (Å²) in [5.41, 5.74) is 0. The molecule has 0 heterocycles. The van der Waals surface area contributed by atoms with E-state index in [0.717, 1.165) is 5.96 Å². The fourth-order valence-corrected chi connectivity index (χ4v) is 3.90. The monoisotopic (exact) mass is 243 g/mol. The predicted octanol–water partition coefficient (Wildman–Crippen LogP) is 2.86. The van der Waals surface area contributed by atoms with Gasteiger partial charge in [0.2, 0.25) is 0 Å². The van der Waals surface area contributed by atoms with Crippen molar-refractivity contribution in [2.45, 2.75) is 45.3 Å². The first-order chi connectivity index (χ1) is 7.30. The third kappa shape index (κ3) is 6.15.